The Morgan fingerprint density at radius 3 is 2.39 bits per heavy atom. The monoisotopic (exact) mass is 277 g/mol. The molecule has 1 saturated carbocycles. The molecule has 108 valence electrons. The minimum atomic E-state index is -2.98. The highest BCUT2D eigenvalue weighted by molar-refractivity contribution is 7.91. The standard InChI is InChI=1S/C13H27NO3S/c1-4-10(5-2)12(15)9-14-11-7-6-8-13(11)18(3,16)17/h10-15H,4-9H2,1-3H3. The highest BCUT2D eigenvalue weighted by Gasteiger charge is 2.34. The molecule has 0 saturated heterocycles. The zero-order chi connectivity index (χ0) is 13.8. The van der Waals surface area contributed by atoms with E-state index in [0.29, 0.717) is 12.5 Å². The lowest BCUT2D eigenvalue weighted by molar-refractivity contribution is 0.0985. The molecular formula is C13H27NO3S. The number of hydrogen-bond acceptors (Lipinski definition) is 4. The van der Waals surface area contributed by atoms with Crippen molar-refractivity contribution in [3.8, 4) is 0 Å². The molecule has 0 aliphatic heterocycles. The van der Waals surface area contributed by atoms with Crippen LogP contribution >= 0.6 is 0 Å². The summed E-state index contributed by atoms with van der Waals surface area (Å²) in [7, 11) is -2.98. The van der Waals surface area contributed by atoms with E-state index in [9.17, 15) is 13.5 Å². The van der Waals surface area contributed by atoms with Gasteiger partial charge in [0.05, 0.1) is 11.4 Å². The topological polar surface area (TPSA) is 66.4 Å². The second kappa shape index (κ2) is 6.87. The van der Waals surface area contributed by atoms with Gasteiger partial charge in [-0.2, -0.15) is 0 Å². The molecule has 1 fully saturated rings. The lowest BCUT2D eigenvalue weighted by Crippen LogP contribution is -2.44. The lowest BCUT2D eigenvalue weighted by Gasteiger charge is -2.25. The summed E-state index contributed by atoms with van der Waals surface area (Å²) in [5, 5.41) is 13.0. The molecule has 1 rings (SSSR count). The zero-order valence-corrected chi connectivity index (χ0v) is 12.5. The SMILES string of the molecule is CCC(CC)C(O)CNC1CCCC1S(C)(=O)=O. The quantitative estimate of drug-likeness (QED) is 0.737. The fourth-order valence-corrected chi connectivity index (χ4v) is 4.37. The van der Waals surface area contributed by atoms with Gasteiger partial charge in [0.2, 0.25) is 0 Å². The summed E-state index contributed by atoms with van der Waals surface area (Å²) in [6.07, 6.45) is 5.45. The van der Waals surface area contributed by atoms with Crippen LogP contribution < -0.4 is 5.32 Å². The molecule has 2 N–H and O–H groups in total. The van der Waals surface area contributed by atoms with Crippen LogP contribution in [0.1, 0.15) is 46.0 Å². The molecule has 0 spiro atoms. The molecule has 0 radical (unpaired) electrons. The average Bonchev–Trinajstić information content (AvgIpc) is 2.75. The Kier molecular flexibility index (Phi) is 6.08. The molecular weight excluding hydrogens is 250 g/mol. The van der Waals surface area contributed by atoms with E-state index in [0.717, 1.165) is 32.1 Å². The molecule has 0 heterocycles. The summed E-state index contributed by atoms with van der Waals surface area (Å²) in [6.45, 7) is 4.65. The third kappa shape index (κ3) is 4.21. The van der Waals surface area contributed by atoms with Crippen molar-refractivity contribution in [2.45, 2.75) is 63.3 Å². The van der Waals surface area contributed by atoms with Crippen LogP contribution in [0.5, 0.6) is 0 Å². The largest absolute Gasteiger partial charge is 0.392 e. The third-order valence-electron chi connectivity index (χ3n) is 4.18. The van der Waals surface area contributed by atoms with E-state index >= 15 is 0 Å². The summed E-state index contributed by atoms with van der Waals surface area (Å²) in [5.74, 6) is 0.301. The molecule has 0 bridgehead atoms. The maximum atomic E-state index is 11.6. The van der Waals surface area contributed by atoms with Crippen LogP contribution in [-0.2, 0) is 9.84 Å². The average molecular weight is 277 g/mol. The van der Waals surface area contributed by atoms with Gasteiger partial charge in [0.15, 0.2) is 9.84 Å². The predicted molar refractivity (Wildman–Crippen MR) is 74.4 cm³/mol. The molecule has 0 aromatic rings. The van der Waals surface area contributed by atoms with Crippen molar-refractivity contribution >= 4 is 9.84 Å². The van der Waals surface area contributed by atoms with Crippen molar-refractivity contribution in [2.75, 3.05) is 12.8 Å². The molecule has 0 aromatic heterocycles. The molecule has 18 heavy (non-hydrogen) atoms. The van der Waals surface area contributed by atoms with Gasteiger partial charge in [-0.1, -0.05) is 33.1 Å². The van der Waals surface area contributed by atoms with Crippen molar-refractivity contribution in [2.24, 2.45) is 5.92 Å². The summed E-state index contributed by atoms with van der Waals surface area (Å²) in [4.78, 5) is 0. The van der Waals surface area contributed by atoms with Crippen molar-refractivity contribution in [1.82, 2.24) is 5.32 Å². The van der Waals surface area contributed by atoms with Gasteiger partial charge < -0.3 is 10.4 Å². The molecule has 1 aliphatic rings. The maximum Gasteiger partial charge on any atom is 0.151 e. The lowest BCUT2D eigenvalue weighted by atomic mass is 9.96. The van der Waals surface area contributed by atoms with E-state index in [1.807, 2.05) is 0 Å². The number of aliphatic hydroxyl groups is 1. The van der Waals surface area contributed by atoms with Crippen LogP contribution in [0.2, 0.25) is 0 Å². The van der Waals surface area contributed by atoms with Gasteiger partial charge in [0, 0.05) is 18.8 Å². The molecule has 0 aromatic carbocycles. The van der Waals surface area contributed by atoms with Gasteiger partial charge >= 0.3 is 0 Å². The third-order valence-corrected chi connectivity index (χ3v) is 5.85. The van der Waals surface area contributed by atoms with E-state index in [1.165, 1.54) is 6.26 Å². The first kappa shape index (κ1) is 15.9. The fraction of sp³-hybridized carbons (Fsp3) is 1.00. The van der Waals surface area contributed by atoms with Crippen LogP contribution in [0, 0.1) is 5.92 Å². The van der Waals surface area contributed by atoms with Crippen LogP contribution in [-0.4, -0.2) is 43.7 Å². The second-order valence-electron chi connectivity index (χ2n) is 5.46. The van der Waals surface area contributed by atoms with Gasteiger partial charge in [-0.15, -0.1) is 0 Å². The number of rotatable bonds is 7. The number of sulfone groups is 1. The first-order valence-electron chi connectivity index (χ1n) is 7.00. The summed E-state index contributed by atoms with van der Waals surface area (Å²) >= 11 is 0. The van der Waals surface area contributed by atoms with Crippen LogP contribution in [0.25, 0.3) is 0 Å². The number of nitrogens with one attached hydrogen (secondary N) is 1. The van der Waals surface area contributed by atoms with E-state index in [1.54, 1.807) is 0 Å². The predicted octanol–water partition coefficient (Wildman–Crippen LogP) is 1.34. The molecule has 4 nitrogen and oxygen atoms in total. The van der Waals surface area contributed by atoms with Crippen LogP contribution in [0.3, 0.4) is 0 Å². The van der Waals surface area contributed by atoms with Gasteiger partial charge in [-0.25, -0.2) is 8.42 Å². The van der Waals surface area contributed by atoms with E-state index < -0.39 is 9.84 Å². The van der Waals surface area contributed by atoms with E-state index in [2.05, 4.69) is 19.2 Å². The summed E-state index contributed by atoms with van der Waals surface area (Å²) < 4.78 is 23.3. The molecule has 1 aliphatic carbocycles. The fourth-order valence-electron chi connectivity index (χ4n) is 2.94. The van der Waals surface area contributed by atoms with Crippen LogP contribution in [0.4, 0.5) is 0 Å². The van der Waals surface area contributed by atoms with E-state index in [4.69, 9.17) is 0 Å². The van der Waals surface area contributed by atoms with Gasteiger partial charge in [0.1, 0.15) is 0 Å². The molecule has 5 heteroatoms. The Labute approximate surface area is 111 Å². The Hall–Kier alpha value is -0.130. The highest BCUT2D eigenvalue weighted by Crippen LogP contribution is 2.25. The van der Waals surface area contributed by atoms with Crippen molar-refractivity contribution < 1.29 is 13.5 Å². The van der Waals surface area contributed by atoms with Crippen LogP contribution in [0.15, 0.2) is 0 Å². The number of aliphatic hydroxyl groups excluding tert-OH is 1. The van der Waals surface area contributed by atoms with E-state index in [-0.39, 0.29) is 17.4 Å². The number of hydrogen-bond donors (Lipinski definition) is 2. The molecule has 3 unspecified atom stereocenters. The zero-order valence-electron chi connectivity index (χ0n) is 11.7. The van der Waals surface area contributed by atoms with Gasteiger partial charge in [0.25, 0.3) is 0 Å². The smallest absolute Gasteiger partial charge is 0.151 e. The summed E-state index contributed by atoms with van der Waals surface area (Å²) in [6, 6.07) is 0.0176. The van der Waals surface area contributed by atoms with Gasteiger partial charge in [-0.3, -0.25) is 0 Å². The Morgan fingerprint density at radius 2 is 1.89 bits per heavy atom. The summed E-state index contributed by atoms with van der Waals surface area (Å²) in [5.41, 5.74) is 0. The van der Waals surface area contributed by atoms with Crippen molar-refractivity contribution in [3.05, 3.63) is 0 Å². The first-order valence-corrected chi connectivity index (χ1v) is 8.95. The van der Waals surface area contributed by atoms with Gasteiger partial charge in [-0.05, 0) is 18.8 Å². The first-order chi connectivity index (χ1) is 8.40. The molecule has 3 atom stereocenters. The minimum absolute atomic E-state index is 0.0176. The molecule has 0 amide bonds. The maximum absolute atomic E-state index is 11.6. The highest BCUT2D eigenvalue weighted by atomic mass is 32.2. The minimum Gasteiger partial charge on any atom is -0.392 e. The normalized spacial score (nSPS) is 26.7. The van der Waals surface area contributed by atoms with Crippen molar-refractivity contribution in [1.29, 1.82) is 0 Å². The Balaban J connectivity index is 2.48. The Bertz CT molecular complexity index is 338. The second-order valence-corrected chi connectivity index (χ2v) is 7.72. The van der Waals surface area contributed by atoms with Crippen molar-refractivity contribution in [3.63, 3.8) is 0 Å². The Morgan fingerprint density at radius 1 is 1.28 bits per heavy atom.